The Hall–Kier alpha value is -3.86. The van der Waals surface area contributed by atoms with Crippen LogP contribution in [0.2, 0.25) is 0 Å². The number of benzene rings is 3. The van der Waals surface area contributed by atoms with Crippen molar-refractivity contribution >= 4 is 22.5 Å². The van der Waals surface area contributed by atoms with Crippen LogP contribution in [-0.2, 0) is 11.2 Å². The van der Waals surface area contributed by atoms with Crippen LogP contribution in [0.5, 0.6) is 5.75 Å². The van der Waals surface area contributed by atoms with E-state index in [2.05, 4.69) is 15.6 Å². The highest BCUT2D eigenvalue weighted by atomic mass is 16.3. The van der Waals surface area contributed by atoms with E-state index in [1.165, 1.54) is 0 Å². The maximum Gasteiger partial charge on any atom is 0.239 e. The normalized spacial score (nSPS) is 11.7. The van der Waals surface area contributed by atoms with Gasteiger partial charge in [0.25, 0.3) is 0 Å². The molecule has 150 valence electrons. The maximum atomic E-state index is 12.6. The quantitative estimate of drug-likeness (QED) is 0.431. The number of phenolic OH excluding ortho intramolecular Hbond substituents is 1. The number of rotatable bonds is 7. The predicted molar refractivity (Wildman–Crippen MR) is 119 cm³/mol. The van der Waals surface area contributed by atoms with E-state index >= 15 is 0 Å². The molecule has 3 aromatic carbocycles. The van der Waals surface area contributed by atoms with Gasteiger partial charge in [0.15, 0.2) is 0 Å². The number of nitrogens with one attached hydrogen (secondary N) is 2. The van der Waals surface area contributed by atoms with Crippen molar-refractivity contribution in [3.8, 4) is 5.75 Å². The van der Waals surface area contributed by atoms with Crippen molar-refractivity contribution in [1.29, 1.82) is 0 Å². The minimum atomic E-state index is -0.275. The molecule has 1 aromatic heterocycles. The van der Waals surface area contributed by atoms with Crippen LogP contribution in [0, 0.1) is 0 Å². The molecule has 5 nitrogen and oxygen atoms in total. The second kappa shape index (κ2) is 9.09. The van der Waals surface area contributed by atoms with Crippen LogP contribution < -0.4 is 10.6 Å². The summed E-state index contributed by atoms with van der Waals surface area (Å²) in [6, 6.07) is 26.7. The predicted octanol–water partition coefficient (Wildman–Crippen LogP) is 4.45. The molecule has 4 rings (SSSR count). The minimum Gasteiger partial charge on any atom is -0.505 e. The lowest BCUT2D eigenvalue weighted by Gasteiger charge is -2.21. The first-order valence-electron chi connectivity index (χ1n) is 9.89. The number of hydrogen-bond acceptors (Lipinski definition) is 4. The lowest BCUT2D eigenvalue weighted by atomic mass is 9.97. The molecule has 0 saturated carbocycles. The van der Waals surface area contributed by atoms with Gasteiger partial charge in [-0.25, -0.2) is 0 Å². The van der Waals surface area contributed by atoms with Crippen LogP contribution in [0.3, 0.4) is 0 Å². The van der Waals surface area contributed by atoms with Gasteiger partial charge in [-0.2, -0.15) is 0 Å². The Balaban J connectivity index is 1.53. The molecule has 30 heavy (non-hydrogen) atoms. The molecule has 0 bridgehead atoms. The molecule has 0 saturated heterocycles. The molecule has 0 fully saturated rings. The molecule has 1 heterocycles. The van der Waals surface area contributed by atoms with Crippen LogP contribution in [0.15, 0.2) is 91.1 Å². The van der Waals surface area contributed by atoms with Gasteiger partial charge in [0.05, 0.1) is 12.6 Å². The largest absolute Gasteiger partial charge is 0.505 e. The third-order valence-electron chi connectivity index (χ3n) is 5.02. The van der Waals surface area contributed by atoms with E-state index < -0.39 is 0 Å². The first-order valence-corrected chi connectivity index (χ1v) is 9.89. The Bertz CT molecular complexity index is 1130. The van der Waals surface area contributed by atoms with Gasteiger partial charge in [0, 0.05) is 23.7 Å². The highest BCUT2D eigenvalue weighted by molar-refractivity contribution is 5.85. The van der Waals surface area contributed by atoms with E-state index in [4.69, 9.17) is 0 Å². The van der Waals surface area contributed by atoms with Crippen LogP contribution in [-0.4, -0.2) is 22.5 Å². The smallest absolute Gasteiger partial charge is 0.239 e. The summed E-state index contributed by atoms with van der Waals surface area (Å²) in [4.78, 5) is 16.9. The summed E-state index contributed by atoms with van der Waals surface area (Å²) < 4.78 is 0. The number of nitrogens with zero attached hydrogens (tertiary/aromatic N) is 1. The number of aromatic nitrogens is 1. The van der Waals surface area contributed by atoms with Crippen LogP contribution in [0.1, 0.15) is 17.2 Å². The third kappa shape index (κ3) is 4.58. The summed E-state index contributed by atoms with van der Waals surface area (Å²) in [5, 5.41) is 17.8. The summed E-state index contributed by atoms with van der Waals surface area (Å²) >= 11 is 0. The van der Waals surface area contributed by atoms with Gasteiger partial charge in [-0.3, -0.25) is 9.78 Å². The van der Waals surface area contributed by atoms with E-state index in [9.17, 15) is 9.90 Å². The lowest BCUT2D eigenvalue weighted by Crippen LogP contribution is -2.34. The van der Waals surface area contributed by atoms with Gasteiger partial charge >= 0.3 is 0 Å². The zero-order valence-electron chi connectivity index (χ0n) is 16.5. The first-order chi connectivity index (χ1) is 14.7. The number of pyridine rings is 1. The average Bonchev–Trinajstić information content (AvgIpc) is 2.80. The third-order valence-corrected chi connectivity index (χ3v) is 5.02. The van der Waals surface area contributed by atoms with Crippen molar-refractivity contribution < 1.29 is 9.90 Å². The summed E-state index contributed by atoms with van der Waals surface area (Å²) in [5.41, 5.74) is 3.18. The zero-order valence-corrected chi connectivity index (χ0v) is 16.5. The van der Waals surface area contributed by atoms with Crippen molar-refractivity contribution in [1.82, 2.24) is 10.3 Å². The molecule has 0 aliphatic heterocycles. The molecule has 0 aliphatic rings. The Morgan fingerprint density at radius 1 is 0.900 bits per heavy atom. The SMILES string of the molecule is O=C(CNc1ccccc1)NC(Cc1ccc2cccnc2c1O)c1ccccc1. The average molecular weight is 397 g/mol. The second-order valence-electron chi connectivity index (χ2n) is 7.10. The number of phenols is 1. The minimum absolute atomic E-state index is 0.119. The molecule has 3 N–H and O–H groups in total. The second-order valence-corrected chi connectivity index (χ2v) is 7.10. The number of carbonyl (C=O) groups excluding carboxylic acids is 1. The topological polar surface area (TPSA) is 74.2 Å². The Morgan fingerprint density at radius 3 is 2.40 bits per heavy atom. The first kappa shape index (κ1) is 19.5. The fraction of sp³-hybridized carbons (Fsp3) is 0.120. The van der Waals surface area contributed by atoms with Gasteiger partial charge in [0.1, 0.15) is 11.3 Å². The number of fused-ring (bicyclic) bond motifs is 1. The van der Waals surface area contributed by atoms with E-state index in [1.807, 2.05) is 84.9 Å². The van der Waals surface area contributed by atoms with Crippen molar-refractivity contribution in [3.63, 3.8) is 0 Å². The molecule has 0 spiro atoms. The van der Waals surface area contributed by atoms with Crippen molar-refractivity contribution in [2.24, 2.45) is 0 Å². The lowest BCUT2D eigenvalue weighted by molar-refractivity contribution is -0.120. The molecule has 0 radical (unpaired) electrons. The van der Waals surface area contributed by atoms with E-state index in [0.717, 1.165) is 22.2 Å². The van der Waals surface area contributed by atoms with Crippen molar-refractivity contribution in [3.05, 3.63) is 102 Å². The fourth-order valence-electron chi connectivity index (χ4n) is 3.48. The summed E-state index contributed by atoms with van der Waals surface area (Å²) in [7, 11) is 0. The van der Waals surface area contributed by atoms with Crippen molar-refractivity contribution in [2.45, 2.75) is 12.5 Å². The monoisotopic (exact) mass is 397 g/mol. The molecule has 5 heteroatoms. The highest BCUT2D eigenvalue weighted by Gasteiger charge is 2.18. The maximum absolute atomic E-state index is 12.6. The Morgan fingerprint density at radius 2 is 1.63 bits per heavy atom. The number of hydrogen-bond donors (Lipinski definition) is 3. The molecule has 1 unspecified atom stereocenters. The highest BCUT2D eigenvalue weighted by Crippen LogP contribution is 2.30. The van der Waals surface area contributed by atoms with Gasteiger partial charge in [-0.15, -0.1) is 0 Å². The fourth-order valence-corrected chi connectivity index (χ4v) is 3.48. The molecule has 1 atom stereocenters. The van der Waals surface area contributed by atoms with E-state index in [1.54, 1.807) is 6.20 Å². The van der Waals surface area contributed by atoms with Gasteiger partial charge in [-0.1, -0.05) is 66.7 Å². The van der Waals surface area contributed by atoms with Gasteiger partial charge in [-0.05, 0) is 29.3 Å². The number of carbonyl (C=O) groups is 1. The van der Waals surface area contributed by atoms with Gasteiger partial charge < -0.3 is 15.7 Å². The summed E-state index contributed by atoms with van der Waals surface area (Å²) in [6.45, 7) is 0.165. The van der Waals surface area contributed by atoms with Crippen molar-refractivity contribution in [2.75, 3.05) is 11.9 Å². The molecule has 0 aliphatic carbocycles. The number of aromatic hydroxyl groups is 1. The van der Waals surface area contributed by atoms with E-state index in [-0.39, 0.29) is 24.2 Å². The molecular formula is C25H23N3O2. The van der Waals surface area contributed by atoms with Crippen LogP contribution >= 0.6 is 0 Å². The Kier molecular flexibility index (Phi) is 5.90. The molecular weight excluding hydrogens is 374 g/mol. The number of anilines is 1. The summed E-state index contributed by atoms with van der Waals surface area (Å²) in [6.07, 6.45) is 2.12. The van der Waals surface area contributed by atoms with Gasteiger partial charge in [0.2, 0.25) is 5.91 Å². The standard InChI is InChI=1S/C25H23N3O2/c29-23(17-27-21-11-5-2-6-12-21)28-22(18-8-3-1-4-9-18)16-20-14-13-19-10-7-15-26-24(19)25(20)30/h1-15,22,27,30H,16-17H2,(H,28,29). The zero-order chi connectivity index (χ0) is 20.8. The van der Waals surface area contributed by atoms with Crippen LogP contribution in [0.4, 0.5) is 5.69 Å². The molecule has 1 amide bonds. The van der Waals surface area contributed by atoms with E-state index in [0.29, 0.717) is 11.9 Å². The van der Waals surface area contributed by atoms with Crippen LogP contribution in [0.25, 0.3) is 10.9 Å². The Labute approximate surface area is 175 Å². The molecule has 4 aromatic rings. The number of para-hydroxylation sites is 1. The summed E-state index contributed by atoms with van der Waals surface area (Å²) in [5.74, 6) is 0.0387. The number of amides is 1.